The molecule has 0 spiro atoms. The van der Waals surface area contributed by atoms with Crippen LogP contribution in [0.1, 0.15) is 30.4 Å². The molecule has 2 aromatic carbocycles. The van der Waals surface area contributed by atoms with Crippen LogP contribution in [0, 0.1) is 11.7 Å². The average molecular weight is 411 g/mol. The molecule has 0 unspecified atom stereocenters. The molecular formula is C24H31FN4O. The van der Waals surface area contributed by atoms with Gasteiger partial charge >= 0.3 is 6.03 Å². The topological polar surface area (TPSA) is 47.6 Å². The summed E-state index contributed by atoms with van der Waals surface area (Å²) in [5.74, 6) is 0.194. The predicted molar refractivity (Wildman–Crippen MR) is 118 cm³/mol. The van der Waals surface area contributed by atoms with Crippen molar-refractivity contribution < 1.29 is 9.18 Å². The number of benzene rings is 2. The zero-order valence-electron chi connectivity index (χ0n) is 17.4. The van der Waals surface area contributed by atoms with Crippen molar-refractivity contribution in [2.24, 2.45) is 5.92 Å². The van der Waals surface area contributed by atoms with Crippen LogP contribution in [0.5, 0.6) is 0 Å². The fourth-order valence-corrected chi connectivity index (χ4v) is 4.40. The van der Waals surface area contributed by atoms with Gasteiger partial charge < -0.3 is 15.5 Å². The first-order valence-electron chi connectivity index (χ1n) is 11.0. The smallest absolute Gasteiger partial charge is 0.315 e. The number of hydrogen-bond acceptors (Lipinski definition) is 3. The molecule has 0 aliphatic carbocycles. The maximum atomic E-state index is 13.1. The molecule has 6 heteroatoms. The highest BCUT2D eigenvalue weighted by atomic mass is 19.1. The molecule has 2 aliphatic heterocycles. The van der Waals surface area contributed by atoms with Gasteiger partial charge in [-0.15, -0.1) is 0 Å². The van der Waals surface area contributed by atoms with Crippen molar-refractivity contribution >= 4 is 11.7 Å². The van der Waals surface area contributed by atoms with E-state index in [2.05, 4.69) is 44.7 Å². The van der Waals surface area contributed by atoms with Gasteiger partial charge in [0, 0.05) is 38.4 Å². The maximum absolute atomic E-state index is 13.1. The lowest BCUT2D eigenvalue weighted by Gasteiger charge is -2.19. The lowest BCUT2D eigenvalue weighted by Crippen LogP contribution is -2.38. The Bertz CT molecular complexity index is 835. The number of nitrogens with zero attached hydrogens (tertiary/aromatic N) is 2. The summed E-state index contributed by atoms with van der Waals surface area (Å²) in [6.45, 7) is 6.36. The second-order valence-corrected chi connectivity index (χ2v) is 8.44. The monoisotopic (exact) mass is 410 g/mol. The summed E-state index contributed by atoms with van der Waals surface area (Å²) >= 11 is 0. The number of amides is 2. The molecule has 2 saturated heterocycles. The van der Waals surface area contributed by atoms with Gasteiger partial charge in [-0.05, 0) is 73.7 Å². The third kappa shape index (κ3) is 5.72. The Kier molecular flexibility index (Phi) is 6.84. The number of carbonyl (C=O) groups excluding carboxylic acids is 1. The van der Waals surface area contributed by atoms with E-state index in [1.807, 2.05) is 12.1 Å². The SMILES string of the molecule is O=C(NCc1cccc(CN2CCCC2)c1)NC[C@H]1CCN(c2ccc(F)cc2)C1. The summed E-state index contributed by atoms with van der Waals surface area (Å²) in [6, 6.07) is 15.0. The van der Waals surface area contributed by atoms with Gasteiger partial charge in [-0.1, -0.05) is 24.3 Å². The number of hydrogen-bond donors (Lipinski definition) is 2. The molecule has 5 nitrogen and oxygen atoms in total. The predicted octanol–water partition coefficient (Wildman–Crippen LogP) is 3.75. The highest BCUT2D eigenvalue weighted by Crippen LogP contribution is 2.23. The number of anilines is 1. The summed E-state index contributed by atoms with van der Waals surface area (Å²) in [5, 5.41) is 5.98. The molecule has 30 heavy (non-hydrogen) atoms. The minimum atomic E-state index is -0.214. The van der Waals surface area contributed by atoms with Gasteiger partial charge in [0.15, 0.2) is 0 Å². The normalized spacial score (nSPS) is 19.2. The minimum Gasteiger partial charge on any atom is -0.371 e. The molecular weight excluding hydrogens is 379 g/mol. The van der Waals surface area contributed by atoms with Crippen LogP contribution in [-0.4, -0.2) is 43.7 Å². The average Bonchev–Trinajstić information content (AvgIpc) is 3.44. The molecule has 2 amide bonds. The molecule has 0 bridgehead atoms. The summed E-state index contributed by atoms with van der Waals surface area (Å²) in [7, 11) is 0. The number of likely N-dealkylation sites (tertiary alicyclic amines) is 1. The number of carbonyl (C=O) groups is 1. The molecule has 160 valence electrons. The van der Waals surface area contributed by atoms with Gasteiger partial charge in [-0.3, -0.25) is 4.90 Å². The molecule has 0 saturated carbocycles. The van der Waals surface area contributed by atoms with Crippen LogP contribution in [0.15, 0.2) is 48.5 Å². The number of halogens is 1. The van der Waals surface area contributed by atoms with Gasteiger partial charge in [0.25, 0.3) is 0 Å². The maximum Gasteiger partial charge on any atom is 0.315 e. The lowest BCUT2D eigenvalue weighted by atomic mass is 10.1. The van der Waals surface area contributed by atoms with E-state index in [1.54, 1.807) is 0 Å². The van der Waals surface area contributed by atoms with Crippen LogP contribution in [0.25, 0.3) is 0 Å². The van der Waals surface area contributed by atoms with Gasteiger partial charge in [0.2, 0.25) is 0 Å². The molecule has 2 N–H and O–H groups in total. The fraction of sp³-hybridized carbons (Fsp3) is 0.458. The first kappa shape index (κ1) is 20.7. The van der Waals surface area contributed by atoms with Crippen molar-refractivity contribution in [3.8, 4) is 0 Å². The van der Waals surface area contributed by atoms with Crippen molar-refractivity contribution in [1.29, 1.82) is 0 Å². The van der Waals surface area contributed by atoms with E-state index in [4.69, 9.17) is 0 Å². The minimum absolute atomic E-state index is 0.125. The summed E-state index contributed by atoms with van der Waals surface area (Å²) < 4.78 is 13.1. The van der Waals surface area contributed by atoms with Crippen LogP contribution in [0.2, 0.25) is 0 Å². The van der Waals surface area contributed by atoms with Crippen molar-refractivity contribution in [3.63, 3.8) is 0 Å². The standard InChI is InChI=1S/C24H31FN4O/c25-22-6-8-23(9-7-22)29-13-10-21(18-29)16-27-24(30)26-15-19-4-3-5-20(14-19)17-28-11-1-2-12-28/h3-9,14,21H,1-2,10-13,15-18H2,(H2,26,27,30)/t21-/m1/s1. The largest absolute Gasteiger partial charge is 0.371 e. The Hall–Kier alpha value is -2.60. The quantitative estimate of drug-likeness (QED) is 0.731. The van der Waals surface area contributed by atoms with Crippen LogP contribution >= 0.6 is 0 Å². The van der Waals surface area contributed by atoms with Crippen molar-refractivity contribution in [2.45, 2.75) is 32.4 Å². The van der Waals surface area contributed by atoms with Gasteiger partial charge in [-0.2, -0.15) is 0 Å². The Morgan fingerprint density at radius 1 is 1.00 bits per heavy atom. The van der Waals surface area contributed by atoms with E-state index in [1.165, 1.54) is 43.6 Å². The molecule has 1 atom stereocenters. The third-order valence-electron chi connectivity index (χ3n) is 6.08. The van der Waals surface area contributed by atoms with Gasteiger partial charge in [-0.25, -0.2) is 9.18 Å². The summed E-state index contributed by atoms with van der Waals surface area (Å²) in [4.78, 5) is 17.0. The number of nitrogens with one attached hydrogen (secondary N) is 2. The summed E-state index contributed by atoms with van der Waals surface area (Å²) in [6.07, 6.45) is 3.62. The molecule has 2 fully saturated rings. The van der Waals surface area contributed by atoms with E-state index in [0.29, 0.717) is 19.0 Å². The molecule has 0 radical (unpaired) electrons. The lowest BCUT2D eigenvalue weighted by molar-refractivity contribution is 0.239. The van der Waals surface area contributed by atoms with E-state index >= 15 is 0 Å². The molecule has 2 heterocycles. The molecule has 2 aromatic rings. The zero-order valence-corrected chi connectivity index (χ0v) is 17.4. The van der Waals surface area contributed by atoms with E-state index in [0.717, 1.165) is 37.3 Å². The fourth-order valence-electron chi connectivity index (χ4n) is 4.40. The van der Waals surface area contributed by atoms with E-state index < -0.39 is 0 Å². The first-order chi connectivity index (χ1) is 14.7. The van der Waals surface area contributed by atoms with Crippen molar-refractivity contribution in [1.82, 2.24) is 15.5 Å². The second kappa shape index (κ2) is 9.94. The summed E-state index contributed by atoms with van der Waals surface area (Å²) in [5.41, 5.74) is 3.48. The van der Waals surface area contributed by atoms with Gasteiger partial charge in [0.05, 0.1) is 0 Å². The first-order valence-corrected chi connectivity index (χ1v) is 11.0. The molecule has 4 rings (SSSR count). The molecule has 0 aromatic heterocycles. The third-order valence-corrected chi connectivity index (χ3v) is 6.08. The zero-order chi connectivity index (χ0) is 20.8. The Labute approximate surface area is 178 Å². The highest BCUT2D eigenvalue weighted by molar-refractivity contribution is 5.73. The van der Waals surface area contributed by atoms with Crippen molar-refractivity contribution in [3.05, 3.63) is 65.5 Å². The van der Waals surface area contributed by atoms with Crippen molar-refractivity contribution in [2.75, 3.05) is 37.6 Å². The highest BCUT2D eigenvalue weighted by Gasteiger charge is 2.23. The Morgan fingerprint density at radius 2 is 1.77 bits per heavy atom. The Morgan fingerprint density at radius 3 is 2.57 bits per heavy atom. The Balaban J connectivity index is 1.18. The van der Waals surface area contributed by atoms with Gasteiger partial charge in [0.1, 0.15) is 5.82 Å². The van der Waals surface area contributed by atoms with Crippen LogP contribution in [0.4, 0.5) is 14.9 Å². The second-order valence-electron chi connectivity index (χ2n) is 8.44. The van der Waals surface area contributed by atoms with Crippen LogP contribution in [0.3, 0.4) is 0 Å². The van der Waals surface area contributed by atoms with Crippen LogP contribution in [-0.2, 0) is 13.1 Å². The van der Waals surface area contributed by atoms with E-state index in [-0.39, 0.29) is 11.8 Å². The number of rotatable bonds is 7. The van der Waals surface area contributed by atoms with E-state index in [9.17, 15) is 9.18 Å². The molecule has 2 aliphatic rings. The number of urea groups is 1. The van der Waals surface area contributed by atoms with Crippen LogP contribution < -0.4 is 15.5 Å².